The maximum absolute atomic E-state index is 12.0. The molecule has 0 unspecified atom stereocenters. The normalized spacial score (nSPS) is 20.9. The standard InChI is InChI=1S/C18H29N5O3/c1-13(2)9-16-20-15(21-26-16)11-22-7-5-18(6-8-22)4-3-17(25)23(12-18)10-14(19)24/h13H,3-12H2,1-2H3,(H2,19,24). The first-order valence-corrected chi connectivity index (χ1v) is 9.45. The van der Waals surface area contributed by atoms with Crippen molar-refractivity contribution in [3.05, 3.63) is 11.7 Å². The molecule has 0 bridgehead atoms. The van der Waals surface area contributed by atoms with Gasteiger partial charge in [-0.3, -0.25) is 14.5 Å². The molecule has 2 saturated heterocycles. The Balaban J connectivity index is 1.53. The summed E-state index contributed by atoms with van der Waals surface area (Å²) >= 11 is 0. The minimum absolute atomic E-state index is 0.0335. The van der Waals surface area contributed by atoms with E-state index in [0.717, 1.165) is 44.6 Å². The fraction of sp³-hybridized carbons (Fsp3) is 0.778. The Hall–Kier alpha value is -1.96. The first kappa shape index (κ1) is 18.8. The van der Waals surface area contributed by atoms with Crippen molar-refractivity contribution in [1.82, 2.24) is 19.9 Å². The van der Waals surface area contributed by atoms with Crippen molar-refractivity contribution >= 4 is 11.8 Å². The van der Waals surface area contributed by atoms with Gasteiger partial charge in [0.05, 0.1) is 13.1 Å². The van der Waals surface area contributed by atoms with E-state index in [1.165, 1.54) is 0 Å². The molecule has 3 rings (SSSR count). The van der Waals surface area contributed by atoms with Crippen molar-refractivity contribution in [3.8, 4) is 0 Å². The topological polar surface area (TPSA) is 106 Å². The molecule has 1 spiro atoms. The molecule has 1 aromatic rings. The number of hydrogen-bond acceptors (Lipinski definition) is 6. The lowest BCUT2D eigenvalue weighted by atomic mass is 9.72. The Bertz CT molecular complexity index is 649. The van der Waals surface area contributed by atoms with Crippen LogP contribution in [0.25, 0.3) is 0 Å². The second-order valence-corrected chi connectivity index (χ2v) is 8.19. The Kier molecular flexibility index (Phi) is 5.60. The number of piperidine rings is 2. The molecule has 26 heavy (non-hydrogen) atoms. The lowest BCUT2D eigenvalue weighted by molar-refractivity contribution is -0.142. The zero-order valence-electron chi connectivity index (χ0n) is 15.7. The Morgan fingerprint density at radius 1 is 1.31 bits per heavy atom. The van der Waals surface area contributed by atoms with E-state index in [-0.39, 0.29) is 17.9 Å². The summed E-state index contributed by atoms with van der Waals surface area (Å²) in [6.07, 6.45) is 4.23. The molecule has 8 heteroatoms. The van der Waals surface area contributed by atoms with E-state index in [4.69, 9.17) is 10.3 Å². The van der Waals surface area contributed by atoms with Crippen molar-refractivity contribution < 1.29 is 14.1 Å². The van der Waals surface area contributed by atoms with E-state index in [1.54, 1.807) is 4.90 Å². The van der Waals surface area contributed by atoms with E-state index in [1.807, 2.05) is 0 Å². The molecule has 2 amide bonds. The van der Waals surface area contributed by atoms with Gasteiger partial charge in [0.15, 0.2) is 5.82 Å². The van der Waals surface area contributed by atoms with Gasteiger partial charge in [-0.2, -0.15) is 4.98 Å². The average molecular weight is 363 g/mol. The average Bonchev–Trinajstić information content (AvgIpc) is 2.99. The quantitative estimate of drug-likeness (QED) is 0.807. The van der Waals surface area contributed by atoms with Crippen molar-refractivity contribution in [3.63, 3.8) is 0 Å². The van der Waals surface area contributed by atoms with Crippen LogP contribution in [0.3, 0.4) is 0 Å². The van der Waals surface area contributed by atoms with Crippen LogP contribution in [0.1, 0.15) is 51.2 Å². The molecule has 144 valence electrons. The van der Waals surface area contributed by atoms with Crippen LogP contribution in [0, 0.1) is 11.3 Å². The molecule has 0 radical (unpaired) electrons. The molecule has 2 aliphatic rings. The minimum Gasteiger partial charge on any atom is -0.368 e. The zero-order chi connectivity index (χ0) is 18.7. The van der Waals surface area contributed by atoms with Crippen LogP contribution in [0.4, 0.5) is 0 Å². The summed E-state index contributed by atoms with van der Waals surface area (Å²) in [6.45, 7) is 7.50. The van der Waals surface area contributed by atoms with Gasteiger partial charge in [0.25, 0.3) is 0 Å². The molecule has 1 aromatic heterocycles. The molecule has 0 atom stereocenters. The number of primary amides is 1. The van der Waals surface area contributed by atoms with Crippen LogP contribution < -0.4 is 5.73 Å². The van der Waals surface area contributed by atoms with Crippen LogP contribution in [0.2, 0.25) is 0 Å². The highest BCUT2D eigenvalue weighted by molar-refractivity contribution is 5.84. The summed E-state index contributed by atoms with van der Waals surface area (Å²) in [5, 5.41) is 4.09. The molecule has 8 nitrogen and oxygen atoms in total. The Morgan fingerprint density at radius 2 is 2.04 bits per heavy atom. The van der Waals surface area contributed by atoms with Crippen LogP contribution in [-0.4, -0.2) is 57.9 Å². The lowest BCUT2D eigenvalue weighted by Gasteiger charge is -2.47. The van der Waals surface area contributed by atoms with Gasteiger partial charge in [0.1, 0.15) is 0 Å². The third-order valence-corrected chi connectivity index (χ3v) is 5.47. The number of nitrogens with zero attached hydrogens (tertiary/aromatic N) is 4. The van der Waals surface area contributed by atoms with Gasteiger partial charge in [0, 0.05) is 19.4 Å². The zero-order valence-corrected chi connectivity index (χ0v) is 15.7. The first-order chi connectivity index (χ1) is 12.3. The summed E-state index contributed by atoms with van der Waals surface area (Å²) in [6, 6.07) is 0. The fourth-order valence-corrected chi connectivity index (χ4v) is 4.01. The first-order valence-electron chi connectivity index (χ1n) is 9.45. The number of rotatable bonds is 6. The highest BCUT2D eigenvalue weighted by atomic mass is 16.5. The molecular weight excluding hydrogens is 334 g/mol. The van der Waals surface area contributed by atoms with Crippen molar-refractivity contribution in [2.24, 2.45) is 17.1 Å². The summed E-state index contributed by atoms with van der Waals surface area (Å²) in [4.78, 5) is 31.7. The van der Waals surface area contributed by atoms with Crippen molar-refractivity contribution in [2.45, 2.75) is 52.5 Å². The summed E-state index contributed by atoms with van der Waals surface area (Å²) in [7, 11) is 0. The molecule has 2 aliphatic heterocycles. The number of carbonyl (C=O) groups excluding carboxylic acids is 2. The molecule has 0 saturated carbocycles. The number of aromatic nitrogens is 2. The predicted molar refractivity (Wildman–Crippen MR) is 94.8 cm³/mol. The van der Waals surface area contributed by atoms with E-state index in [2.05, 4.69) is 28.9 Å². The van der Waals surface area contributed by atoms with Gasteiger partial charge in [-0.05, 0) is 43.7 Å². The fourth-order valence-electron chi connectivity index (χ4n) is 4.01. The van der Waals surface area contributed by atoms with Gasteiger partial charge in [-0.15, -0.1) is 0 Å². The lowest BCUT2D eigenvalue weighted by Crippen LogP contribution is -2.53. The smallest absolute Gasteiger partial charge is 0.237 e. The van der Waals surface area contributed by atoms with Crippen molar-refractivity contribution in [1.29, 1.82) is 0 Å². The second-order valence-electron chi connectivity index (χ2n) is 8.19. The third kappa shape index (κ3) is 4.60. The van der Waals surface area contributed by atoms with Gasteiger partial charge in [-0.25, -0.2) is 0 Å². The van der Waals surface area contributed by atoms with E-state index >= 15 is 0 Å². The number of nitrogens with two attached hydrogens (primary N) is 1. The predicted octanol–water partition coefficient (Wildman–Crippen LogP) is 0.958. The molecular formula is C18H29N5O3. The Labute approximate surface area is 154 Å². The molecule has 0 aromatic carbocycles. The third-order valence-electron chi connectivity index (χ3n) is 5.47. The van der Waals surface area contributed by atoms with Gasteiger partial charge in [0.2, 0.25) is 17.7 Å². The number of amides is 2. The SMILES string of the molecule is CC(C)Cc1nc(CN2CCC3(CCC(=O)N(CC(N)=O)C3)CC2)no1. The maximum atomic E-state index is 12.0. The molecule has 2 N–H and O–H groups in total. The van der Waals surface area contributed by atoms with Crippen LogP contribution in [0.15, 0.2) is 4.52 Å². The monoisotopic (exact) mass is 363 g/mol. The number of hydrogen-bond donors (Lipinski definition) is 1. The van der Waals surface area contributed by atoms with E-state index in [0.29, 0.717) is 31.3 Å². The van der Waals surface area contributed by atoms with E-state index in [9.17, 15) is 9.59 Å². The van der Waals surface area contributed by atoms with Crippen LogP contribution >= 0.6 is 0 Å². The minimum atomic E-state index is -0.442. The summed E-state index contributed by atoms with van der Waals surface area (Å²) in [5.41, 5.74) is 5.39. The summed E-state index contributed by atoms with van der Waals surface area (Å²) in [5.74, 6) is 1.54. The van der Waals surface area contributed by atoms with Gasteiger partial charge < -0.3 is 15.2 Å². The molecule has 2 fully saturated rings. The highest BCUT2D eigenvalue weighted by Crippen LogP contribution is 2.40. The van der Waals surface area contributed by atoms with Crippen molar-refractivity contribution in [2.75, 3.05) is 26.2 Å². The largest absolute Gasteiger partial charge is 0.368 e. The maximum Gasteiger partial charge on any atom is 0.237 e. The molecule has 0 aliphatic carbocycles. The number of carbonyl (C=O) groups is 2. The second kappa shape index (κ2) is 7.73. The van der Waals surface area contributed by atoms with E-state index < -0.39 is 5.91 Å². The van der Waals surface area contributed by atoms with Crippen LogP contribution in [-0.2, 0) is 22.6 Å². The molecule has 3 heterocycles. The van der Waals surface area contributed by atoms with Crippen LogP contribution in [0.5, 0.6) is 0 Å². The van der Waals surface area contributed by atoms with Gasteiger partial charge in [-0.1, -0.05) is 19.0 Å². The highest BCUT2D eigenvalue weighted by Gasteiger charge is 2.41. The van der Waals surface area contributed by atoms with Gasteiger partial charge >= 0.3 is 0 Å². The number of likely N-dealkylation sites (tertiary alicyclic amines) is 2. The summed E-state index contributed by atoms with van der Waals surface area (Å²) < 4.78 is 5.31. The Morgan fingerprint density at radius 3 is 2.69 bits per heavy atom.